The minimum Gasteiger partial charge on any atom is -0.288 e. The van der Waals surface area contributed by atoms with Crippen molar-refractivity contribution >= 4 is 15.8 Å². The van der Waals surface area contributed by atoms with E-state index >= 15 is 0 Å². The van der Waals surface area contributed by atoms with E-state index in [1.807, 2.05) is 54.6 Å². The van der Waals surface area contributed by atoms with Crippen LogP contribution in [0.3, 0.4) is 0 Å². The first kappa shape index (κ1) is 15.5. The lowest BCUT2D eigenvalue weighted by atomic mass is 9.70. The van der Waals surface area contributed by atoms with Crippen LogP contribution in [-0.4, -0.2) is 26.9 Å². The monoisotopic (exact) mass is 341 g/mol. The second kappa shape index (κ2) is 5.53. The summed E-state index contributed by atoms with van der Waals surface area (Å²) in [7, 11) is -3.60. The van der Waals surface area contributed by atoms with Crippen LogP contribution in [0.4, 0.5) is 0 Å². The molecule has 1 aliphatic heterocycles. The minimum absolute atomic E-state index is 0.535. The van der Waals surface area contributed by atoms with Crippen molar-refractivity contribution in [3.63, 3.8) is 0 Å². The van der Waals surface area contributed by atoms with Crippen molar-refractivity contribution in [1.82, 2.24) is 0 Å². The Balaban J connectivity index is 2.00. The predicted octanol–water partition coefficient (Wildman–Crippen LogP) is 3.24. The smallest absolute Gasteiger partial charge is 0.265 e. The van der Waals surface area contributed by atoms with Crippen LogP contribution in [0.25, 0.3) is 0 Å². The fraction of sp³-hybridized carbons (Fsp3) is 0.316. The zero-order valence-electron chi connectivity index (χ0n) is 13.5. The average molecular weight is 341 g/mol. The molecule has 0 radical (unpaired) electrons. The topological polar surface area (TPSA) is 55.7 Å². The summed E-state index contributed by atoms with van der Waals surface area (Å²) in [5.74, 6) is 0. The Hall–Kier alpha value is -1.98. The highest BCUT2D eigenvalue weighted by atomic mass is 32.2. The molecule has 0 aromatic heterocycles. The summed E-state index contributed by atoms with van der Waals surface area (Å²) in [4.78, 5) is 4.80. The molecule has 0 N–H and O–H groups in total. The molecule has 24 heavy (non-hydrogen) atoms. The molecule has 5 heteroatoms. The molecule has 2 aromatic rings. The van der Waals surface area contributed by atoms with Gasteiger partial charge in [0.15, 0.2) is 0 Å². The molecule has 0 unspecified atom stereocenters. The normalized spacial score (nSPS) is 25.7. The fourth-order valence-corrected chi connectivity index (χ4v) is 4.69. The van der Waals surface area contributed by atoms with Crippen LogP contribution < -0.4 is 0 Å². The van der Waals surface area contributed by atoms with Gasteiger partial charge in [0, 0.05) is 12.1 Å². The van der Waals surface area contributed by atoms with Gasteiger partial charge in [0.2, 0.25) is 0 Å². The maximum Gasteiger partial charge on any atom is 0.265 e. The molecule has 0 amide bonds. The molecule has 0 saturated heterocycles. The van der Waals surface area contributed by atoms with Gasteiger partial charge in [-0.3, -0.25) is 9.18 Å². The molecule has 4 nitrogen and oxygen atoms in total. The maximum absolute atomic E-state index is 12.0. The highest BCUT2D eigenvalue weighted by molar-refractivity contribution is 7.86. The van der Waals surface area contributed by atoms with Crippen molar-refractivity contribution in [1.29, 1.82) is 0 Å². The average Bonchev–Trinajstić information content (AvgIpc) is 2.86. The van der Waals surface area contributed by atoms with Gasteiger partial charge >= 0.3 is 0 Å². The summed E-state index contributed by atoms with van der Waals surface area (Å²) >= 11 is 0. The van der Waals surface area contributed by atoms with Crippen molar-refractivity contribution < 1.29 is 12.6 Å². The standard InChI is InChI=1S/C19H19NO3S/c1-24(21,22)23-18-16-11-6-5-10-15(16)17-19(18,12-7-13-20-17)14-8-3-2-4-9-14/h2-6,8-11,18H,7,12-13H2,1H3/t18-,19+/m1/s1. The van der Waals surface area contributed by atoms with Crippen LogP contribution in [-0.2, 0) is 19.7 Å². The second-order valence-corrected chi connectivity index (χ2v) is 8.04. The van der Waals surface area contributed by atoms with Crippen molar-refractivity contribution in [2.75, 3.05) is 12.8 Å². The molecule has 1 aliphatic carbocycles. The lowest BCUT2D eigenvalue weighted by Gasteiger charge is -2.38. The molecule has 2 aromatic carbocycles. The molecular formula is C19H19NO3S. The van der Waals surface area contributed by atoms with E-state index in [0.717, 1.165) is 48.0 Å². The van der Waals surface area contributed by atoms with Gasteiger partial charge in [-0.05, 0) is 24.0 Å². The molecule has 1 heterocycles. The van der Waals surface area contributed by atoms with Crippen LogP contribution in [0.15, 0.2) is 59.6 Å². The molecule has 0 fully saturated rings. The highest BCUT2D eigenvalue weighted by Gasteiger charge is 2.54. The first-order valence-corrected chi connectivity index (χ1v) is 9.92. The molecule has 2 atom stereocenters. The highest BCUT2D eigenvalue weighted by Crippen LogP contribution is 2.54. The summed E-state index contributed by atoms with van der Waals surface area (Å²) in [6.45, 7) is 0.768. The number of hydrogen-bond donors (Lipinski definition) is 0. The third-order valence-corrected chi connectivity index (χ3v) is 5.47. The first-order chi connectivity index (χ1) is 11.5. The van der Waals surface area contributed by atoms with E-state index in [-0.39, 0.29) is 0 Å². The number of aliphatic imine (C=N–C) groups is 1. The third-order valence-electron chi connectivity index (χ3n) is 4.93. The summed E-state index contributed by atoms with van der Waals surface area (Å²) < 4.78 is 29.6. The van der Waals surface area contributed by atoms with Gasteiger partial charge in [0.1, 0.15) is 6.10 Å². The molecule has 0 bridgehead atoms. The van der Waals surface area contributed by atoms with Gasteiger partial charge in [0.05, 0.1) is 17.4 Å². The Labute approximate surface area is 142 Å². The number of fused-ring (bicyclic) bond motifs is 3. The quantitative estimate of drug-likeness (QED) is 0.805. The van der Waals surface area contributed by atoms with Gasteiger partial charge in [-0.2, -0.15) is 8.42 Å². The van der Waals surface area contributed by atoms with E-state index < -0.39 is 21.6 Å². The van der Waals surface area contributed by atoms with E-state index in [4.69, 9.17) is 9.18 Å². The van der Waals surface area contributed by atoms with Crippen LogP contribution in [0.1, 0.15) is 35.6 Å². The van der Waals surface area contributed by atoms with E-state index in [1.165, 1.54) is 0 Å². The molecule has 0 saturated carbocycles. The number of benzene rings is 2. The van der Waals surface area contributed by atoms with Crippen molar-refractivity contribution in [3.8, 4) is 0 Å². The van der Waals surface area contributed by atoms with E-state index in [1.54, 1.807) is 0 Å². The van der Waals surface area contributed by atoms with Crippen LogP contribution in [0.2, 0.25) is 0 Å². The van der Waals surface area contributed by atoms with Crippen molar-refractivity contribution in [2.24, 2.45) is 4.99 Å². The lowest BCUT2D eigenvalue weighted by Crippen LogP contribution is -2.41. The van der Waals surface area contributed by atoms with Crippen LogP contribution in [0.5, 0.6) is 0 Å². The minimum atomic E-state index is -3.60. The number of nitrogens with zero attached hydrogens (tertiary/aromatic N) is 1. The Morgan fingerprint density at radius 2 is 1.79 bits per heavy atom. The van der Waals surface area contributed by atoms with Crippen LogP contribution in [0, 0.1) is 0 Å². The largest absolute Gasteiger partial charge is 0.288 e. The van der Waals surface area contributed by atoms with E-state index in [9.17, 15) is 8.42 Å². The molecular weight excluding hydrogens is 322 g/mol. The SMILES string of the molecule is CS(=O)(=O)O[C@@H]1c2ccccc2C2=NCCC[C@]21c1ccccc1. The summed E-state index contributed by atoms with van der Waals surface area (Å²) in [6, 6.07) is 17.9. The molecule has 124 valence electrons. The number of hydrogen-bond acceptors (Lipinski definition) is 4. The molecule has 4 rings (SSSR count). The van der Waals surface area contributed by atoms with E-state index in [2.05, 4.69) is 0 Å². The first-order valence-electron chi connectivity index (χ1n) is 8.10. The molecule has 0 spiro atoms. The van der Waals surface area contributed by atoms with Crippen molar-refractivity contribution in [2.45, 2.75) is 24.4 Å². The lowest BCUT2D eigenvalue weighted by molar-refractivity contribution is 0.150. The van der Waals surface area contributed by atoms with Gasteiger partial charge in [-0.15, -0.1) is 0 Å². The van der Waals surface area contributed by atoms with Gasteiger partial charge < -0.3 is 0 Å². The Bertz CT molecular complexity index is 905. The third kappa shape index (κ3) is 2.31. The summed E-state index contributed by atoms with van der Waals surface area (Å²) in [5, 5.41) is 0. The number of rotatable bonds is 3. The van der Waals surface area contributed by atoms with Gasteiger partial charge in [0.25, 0.3) is 10.1 Å². The Morgan fingerprint density at radius 1 is 1.08 bits per heavy atom. The second-order valence-electron chi connectivity index (χ2n) is 6.44. The Kier molecular flexibility index (Phi) is 3.58. The fourth-order valence-electron chi connectivity index (χ4n) is 4.07. The van der Waals surface area contributed by atoms with E-state index in [0.29, 0.717) is 0 Å². The Morgan fingerprint density at radius 3 is 2.54 bits per heavy atom. The summed E-state index contributed by atoms with van der Waals surface area (Å²) in [6.07, 6.45) is 2.29. The van der Waals surface area contributed by atoms with Gasteiger partial charge in [-0.1, -0.05) is 54.6 Å². The zero-order valence-corrected chi connectivity index (χ0v) is 14.3. The molecule has 2 aliphatic rings. The van der Waals surface area contributed by atoms with Crippen LogP contribution >= 0.6 is 0 Å². The van der Waals surface area contributed by atoms with Gasteiger partial charge in [-0.25, -0.2) is 0 Å². The zero-order chi connectivity index (χ0) is 16.8. The van der Waals surface area contributed by atoms with Crippen molar-refractivity contribution in [3.05, 3.63) is 71.3 Å². The predicted molar refractivity (Wildman–Crippen MR) is 93.9 cm³/mol. The summed E-state index contributed by atoms with van der Waals surface area (Å²) in [5.41, 5.74) is 3.41. The maximum atomic E-state index is 12.0.